The van der Waals surface area contributed by atoms with Crippen LogP contribution in [0.15, 0.2) is 42.5 Å². The second-order valence-corrected chi connectivity index (χ2v) is 7.55. The third kappa shape index (κ3) is 5.54. The molecule has 2 aromatic rings. The largest absolute Gasteiger partial charge is 0.369 e. The average Bonchev–Trinajstić information content (AvgIpc) is 2.71. The fourth-order valence-electron chi connectivity index (χ4n) is 3.61. The van der Waals surface area contributed by atoms with Gasteiger partial charge in [-0.25, -0.2) is 8.78 Å². The molecule has 0 saturated carbocycles. The number of carbonyl (C=O) groups excluding carboxylic acids is 2. The highest BCUT2D eigenvalue weighted by Crippen LogP contribution is 2.17. The average molecular weight is 416 g/mol. The molecule has 6 nitrogen and oxygen atoms in total. The molecule has 0 aromatic heterocycles. The van der Waals surface area contributed by atoms with Crippen molar-refractivity contribution in [3.8, 4) is 0 Å². The first-order chi connectivity index (χ1) is 14.3. The van der Waals surface area contributed by atoms with Crippen LogP contribution in [0.1, 0.15) is 22.8 Å². The number of nitrogens with two attached hydrogens (primary N) is 1. The van der Waals surface area contributed by atoms with E-state index in [1.165, 1.54) is 18.2 Å². The van der Waals surface area contributed by atoms with E-state index in [0.717, 1.165) is 18.8 Å². The van der Waals surface area contributed by atoms with Crippen molar-refractivity contribution < 1.29 is 18.4 Å². The van der Waals surface area contributed by atoms with Crippen LogP contribution in [0.4, 0.5) is 14.5 Å². The number of amides is 2. The molecule has 2 amide bonds. The molecular weight excluding hydrogens is 390 g/mol. The number of piperazine rings is 1. The Morgan fingerprint density at radius 1 is 1.03 bits per heavy atom. The monoisotopic (exact) mass is 416 g/mol. The lowest BCUT2D eigenvalue weighted by Gasteiger charge is -2.36. The van der Waals surface area contributed by atoms with Gasteiger partial charge in [0.05, 0.1) is 6.54 Å². The van der Waals surface area contributed by atoms with E-state index in [1.807, 2.05) is 17.0 Å². The Balaban J connectivity index is 1.45. The molecular formula is C22H26F2N4O2. The number of hydrogen-bond acceptors (Lipinski definition) is 4. The van der Waals surface area contributed by atoms with Gasteiger partial charge in [0.25, 0.3) is 0 Å². The van der Waals surface area contributed by atoms with E-state index in [1.54, 1.807) is 19.1 Å². The van der Waals surface area contributed by atoms with Crippen LogP contribution in [-0.2, 0) is 11.2 Å². The Bertz CT molecular complexity index is 876. The molecule has 30 heavy (non-hydrogen) atoms. The van der Waals surface area contributed by atoms with Gasteiger partial charge in [-0.3, -0.25) is 14.5 Å². The van der Waals surface area contributed by atoms with E-state index < -0.39 is 17.5 Å². The zero-order valence-electron chi connectivity index (χ0n) is 16.9. The number of benzene rings is 2. The molecule has 2 aromatic carbocycles. The van der Waals surface area contributed by atoms with Crippen molar-refractivity contribution >= 4 is 17.5 Å². The lowest BCUT2D eigenvalue weighted by atomic mass is 10.1. The summed E-state index contributed by atoms with van der Waals surface area (Å²) in [4.78, 5) is 27.7. The van der Waals surface area contributed by atoms with Crippen LogP contribution in [0.2, 0.25) is 0 Å². The van der Waals surface area contributed by atoms with Crippen molar-refractivity contribution in [3.63, 3.8) is 0 Å². The van der Waals surface area contributed by atoms with Crippen molar-refractivity contribution in [1.29, 1.82) is 0 Å². The summed E-state index contributed by atoms with van der Waals surface area (Å²) in [5.41, 5.74) is 6.73. The van der Waals surface area contributed by atoms with Crippen LogP contribution in [0.25, 0.3) is 0 Å². The van der Waals surface area contributed by atoms with Gasteiger partial charge in [0.1, 0.15) is 11.6 Å². The number of anilines is 1. The number of carbonyl (C=O) groups is 2. The number of rotatable bonds is 7. The summed E-state index contributed by atoms with van der Waals surface area (Å²) in [6.07, 6.45) is 0.0966. The summed E-state index contributed by atoms with van der Waals surface area (Å²) >= 11 is 0. The highest BCUT2D eigenvalue weighted by Gasteiger charge is 2.21. The van der Waals surface area contributed by atoms with Gasteiger partial charge >= 0.3 is 0 Å². The van der Waals surface area contributed by atoms with Crippen molar-refractivity contribution in [1.82, 2.24) is 10.2 Å². The van der Waals surface area contributed by atoms with E-state index in [4.69, 9.17) is 5.73 Å². The SMILES string of the molecule is CC(Cc1c(F)cccc1F)NC(=O)CN1CCN(c2ccc(C(N)=O)cc2)CC1. The quantitative estimate of drug-likeness (QED) is 0.723. The van der Waals surface area contributed by atoms with Crippen LogP contribution in [0.5, 0.6) is 0 Å². The lowest BCUT2D eigenvalue weighted by molar-refractivity contribution is -0.122. The van der Waals surface area contributed by atoms with E-state index >= 15 is 0 Å². The second-order valence-electron chi connectivity index (χ2n) is 7.55. The number of primary amides is 1. The van der Waals surface area contributed by atoms with Crippen LogP contribution in [0.3, 0.4) is 0 Å². The van der Waals surface area contributed by atoms with E-state index in [9.17, 15) is 18.4 Å². The molecule has 1 fully saturated rings. The minimum Gasteiger partial charge on any atom is -0.369 e. The van der Waals surface area contributed by atoms with Gasteiger partial charge in [0.2, 0.25) is 11.8 Å². The molecule has 3 N–H and O–H groups in total. The molecule has 0 spiro atoms. The Kier molecular flexibility index (Phi) is 6.99. The topological polar surface area (TPSA) is 78.7 Å². The zero-order valence-corrected chi connectivity index (χ0v) is 16.9. The fourth-order valence-corrected chi connectivity index (χ4v) is 3.61. The van der Waals surface area contributed by atoms with Crippen LogP contribution in [0, 0.1) is 11.6 Å². The lowest BCUT2D eigenvalue weighted by Crippen LogP contribution is -2.50. The molecule has 3 rings (SSSR count). The maximum atomic E-state index is 13.8. The number of nitrogens with zero attached hydrogens (tertiary/aromatic N) is 2. The summed E-state index contributed by atoms with van der Waals surface area (Å²) < 4.78 is 27.5. The number of halogens is 2. The van der Waals surface area contributed by atoms with Gasteiger partial charge in [0.15, 0.2) is 0 Å². The standard InChI is InChI=1S/C22H26F2N4O2/c1-15(13-18-19(23)3-2-4-20(18)24)26-21(29)14-27-9-11-28(12-10-27)17-7-5-16(6-8-17)22(25)30/h2-8,15H,9-14H2,1H3,(H2,25,30)(H,26,29). The Labute approximate surface area is 174 Å². The van der Waals surface area contributed by atoms with Crippen LogP contribution >= 0.6 is 0 Å². The summed E-state index contributed by atoms with van der Waals surface area (Å²) in [6, 6.07) is 10.5. The summed E-state index contributed by atoms with van der Waals surface area (Å²) in [7, 11) is 0. The molecule has 0 aliphatic carbocycles. The van der Waals surface area contributed by atoms with Gasteiger partial charge in [-0.2, -0.15) is 0 Å². The smallest absolute Gasteiger partial charge is 0.248 e. The molecule has 1 heterocycles. The summed E-state index contributed by atoms with van der Waals surface area (Å²) in [6.45, 7) is 4.89. The Morgan fingerprint density at radius 3 is 2.20 bits per heavy atom. The first-order valence-electron chi connectivity index (χ1n) is 9.93. The molecule has 0 bridgehead atoms. The highest BCUT2D eigenvalue weighted by atomic mass is 19.1. The molecule has 160 valence electrons. The van der Waals surface area contributed by atoms with E-state index in [2.05, 4.69) is 10.2 Å². The maximum Gasteiger partial charge on any atom is 0.248 e. The van der Waals surface area contributed by atoms with Crippen molar-refractivity contribution in [2.24, 2.45) is 5.73 Å². The molecule has 1 aliphatic rings. The predicted molar refractivity (Wildman–Crippen MR) is 111 cm³/mol. The minimum atomic E-state index is -0.601. The summed E-state index contributed by atoms with van der Waals surface area (Å²) in [5.74, 6) is -1.82. The molecule has 1 unspecified atom stereocenters. The minimum absolute atomic E-state index is 0.0127. The van der Waals surface area contributed by atoms with Gasteiger partial charge in [-0.1, -0.05) is 6.07 Å². The second kappa shape index (κ2) is 9.67. The first kappa shape index (κ1) is 21.7. The normalized spacial score (nSPS) is 15.6. The summed E-state index contributed by atoms with van der Waals surface area (Å²) in [5, 5.41) is 2.82. The fraction of sp³-hybridized carbons (Fsp3) is 0.364. The van der Waals surface area contributed by atoms with Crippen LogP contribution < -0.4 is 16.0 Å². The Hall–Kier alpha value is -3.00. The third-order valence-electron chi connectivity index (χ3n) is 5.24. The van der Waals surface area contributed by atoms with Gasteiger partial charge < -0.3 is 16.0 Å². The Morgan fingerprint density at radius 2 is 1.63 bits per heavy atom. The molecule has 1 atom stereocenters. The van der Waals surface area contributed by atoms with E-state index in [-0.39, 0.29) is 30.5 Å². The van der Waals surface area contributed by atoms with Crippen molar-refractivity contribution in [2.75, 3.05) is 37.6 Å². The van der Waals surface area contributed by atoms with E-state index in [0.29, 0.717) is 18.7 Å². The molecule has 1 saturated heterocycles. The van der Waals surface area contributed by atoms with Crippen molar-refractivity contribution in [2.45, 2.75) is 19.4 Å². The highest BCUT2D eigenvalue weighted by molar-refractivity contribution is 5.93. The first-order valence-corrected chi connectivity index (χ1v) is 9.93. The third-order valence-corrected chi connectivity index (χ3v) is 5.24. The van der Waals surface area contributed by atoms with Crippen molar-refractivity contribution in [3.05, 3.63) is 65.2 Å². The molecule has 0 radical (unpaired) electrons. The van der Waals surface area contributed by atoms with Gasteiger partial charge in [-0.05, 0) is 49.7 Å². The number of hydrogen-bond donors (Lipinski definition) is 2. The maximum absolute atomic E-state index is 13.8. The van der Waals surface area contributed by atoms with Gasteiger partial charge in [0, 0.05) is 49.0 Å². The van der Waals surface area contributed by atoms with Gasteiger partial charge in [-0.15, -0.1) is 0 Å². The van der Waals surface area contributed by atoms with Crippen LogP contribution in [-0.4, -0.2) is 55.5 Å². The zero-order chi connectivity index (χ0) is 21.7. The molecule has 8 heteroatoms. The predicted octanol–water partition coefficient (Wildman–Crippen LogP) is 1.93. The molecule has 1 aliphatic heterocycles. The number of nitrogens with one attached hydrogen (secondary N) is 1.